The van der Waals surface area contributed by atoms with Crippen molar-refractivity contribution in [3.05, 3.63) is 46.4 Å². The van der Waals surface area contributed by atoms with Crippen LogP contribution in [0.4, 0.5) is 10.5 Å². The van der Waals surface area contributed by atoms with Gasteiger partial charge < -0.3 is 10.2 Å². The van der Waals surface area contributed by atoms with Crippen molar-refractivity contribution in [1.29, 1.82) is 0 Å². The Kier molecular flexibility index (Phi) is 5.19. The monoisotopic (exact) mass is 429 g/mol. The molecule has 1 aromatic carbocycles. The lowest BCUT2D eigenvalue weighted by molar-refractivity contribution is 0.0821. The molecule has 1 heterocycles. The molecule has 158 valence electrons. The van der Waals surface area contributed by atoms with Gasteiger partial charge in [0.2, 0.25) is 0 Å². The van der Waals surface area contributed by atoms with E-state index >= 15 is 0 Å². The van der Waals surface area contributed by atoms with Crippen LogP contribution < -0.4 is 10.0 Å². The maximum Gasteiger partial charge on any atom is 0.333 e. The highest BCUT2D eigenvalue weighted by atomic mass is 32.2. The van der Waals surface area contributed by atoms with E-state index in [4.69, 9.17) is 0 Å². The summed E-state index contributed by atoms with van der Waals surface area (Å²) in [4.78, 5) is 33.4. The van der Waals surface area contributed by atoms with Crippen LogP contribution in [0.25, 0.3) is 0 Å². The van der Waals surface area contributed by atoms with E-state index in [-0.39, 0.29) is 5.69 Å². The van der Waals surface area contributed by atoms with Crippen molar-refractivity contribution in [2.45, 2.75) is 43.6 Å². The zero-order valence-corrected chi connectivity index (χ0v) is 17.7. The van der Waals surface area contributed by atoms with Crippen molar-refractivity contribution in [3.8, 4) is 0 Å². The second-order valence-electron chi connectivity index (χ2n) is 7.73. The number of sulfonamides is 1. The maximum atomic E-state index is 12.7. The molecular weight excluding hydrogens is 406 g/mol. The molecule has 0 unspecified atom stereocenters. The molecule has 2 aliphatic rings. The number of fused-ring (bicyclic) bond motifs is 2. The summed E-state index contributed by atoms with van der Waals surface area (Å²) < 4.78 is 27.3. The van der Waals surface area contributed by atoms with Crippen LogP contribution in [0.5, 0.6) is 0 Å². The third-order valence-electron chi connectivity index (χ3n) is 5.48. The van der Waals surface area contributed by atoms with Crippen LogP contribution in [0.15, 0.2) is 23.5 Å². The Balaban J connectivity index is 1.57. The van der Waals surface area contributed by atoms with Gasteiger partial charge in [-0.25, -0.2) is 19.5 Å². The van der Waals surface area contributed by atoms with Crippen molar-refractivity contribution in [2.75, 3.05) is 19.4 Å². The van der Waals surface area contributed by atoms with Gasteiger partial charge in [0.25, 0.3) is 15.9 Å². The molecule has 2 aliphatic carbocycles. The van der Waals surface area contributed by atoms with Crippen molar-refractivity contribution < 1.29 is 18.0 Å². The van der Waals surface area contributed by atoms with Crippen LogP contribution in [-0.4, -0.2) is 49.3 Å². The van der Waals surface area contributed by atoms with Crippen molar-refractivity contribution in [2.24, 2.45) is 0 Å². The lowest BCUT2D eigenvalue weighted by Gasteiger charge is -2.16. The fourth-order valence-electron chi connectivity index (χ4n) is 4.11. The number of carbonyl (C=O) groups is 2. The molecule has 9 nitrogen and oxygen atoms in total. The molecule has 0 bridgehead atoms. The first-order valence-electron chi connectivity index (χ1n) is 9.80. The zero-order valence-electron chi connectivity index (χ0n) is 16.9. The lowest BCUT2D eigenvalue weighted by Crippen LogP contribution is -2.35. The second kappa shape index (κ2) is 7.67. The first kappa shape index (κ1) is 20.3. The van der Waals surface area contributed by atoms with E-state index in [1.54, 1.807) is 0 Å². The van der Waals surface area contributed by atoms with Crippen LogP contribution in [0.2, 0.25) is 0 Å². The van der Waals surface area contributed by atoms with Crippen molar-refractivity contribution in [3.63, 3.8) is 0 Å². The van der Waals surface area contributed by atoms with Gasteiger partial charge in [-0.05, 0) is 60.8 Å². The van der Waals surface area contributed by atoms with Gasteiger partial charge in [-0.15, -0.1) is 0 Å². The molecule has 4 rings (SSSR count). The van der Waals surface area contributed by atoms with Gasteiger partial charge in [0, 0.05) is 25.8 Å². The van der Waals surface area contributed by atoms with Gasteiger partial charge in [-0.3, -0.25) is 4.79 Å². The van der Waals surface area contributed by atoms with Crippen LogP contribution >= 0.6 is 0 Å². The highest BCUT2D eigenvalue weighted by Crippen LogP contribution is 2.38. The number of nitrogens with one attached hydrogen (secondary N) is 2. The Hall–Kier alpha value is -3.01. The van der Waals surface area contributed by atoms with E-state index in [1.807, 2.05) is 4.72 Å². The Bertz CT molecular complexity index is 1110. The SMILES string of the molecule is CN(C)C(=O)c1cc(S(=O)(=O)NC(=O)Nc2c3c(cc4c2CCC4)CCC3)ncn1. The maximum absolute atomic E-state index is 12.7. The van der Waals surface area contributed by atoms with E-state index in [2.05, 4.69) is 21.4 Å². The molecule has 0 saturated carbocycles. The topological polar surface area (TPSA) is 121 Å². The zero-order chi connectivity index (χ0) is 21.5. The summed E-state index contributed by atoms with van der Waals surface area (Å²) in [5, 5.41) is 2.33. The Morgan fingerprint density at radius 3 is 2.20 bits per heavy atom. The highest BCUT2D eigenvalue weighted by Gasteiger charge is 2.27. The summed E-state index contributed by atoms with van der Waals surface area (Å²) in [5.74, 6) is -0.464. The third kappa shape index (κ3) is 3.74. The number of hydrogen-bond donors (Lipinski definition) is 2. The number of hydrogen-bond acceptors (Lipinski definition) is 6. The van der Waals surface area contributed by atoms with E-state index in [0.717, 1.165) is 67.7 Å². The minimum absolute atomic E-state index is 0.0746. The second-order valence-corrected chi connectivity index (χ2v) is 9.36. The number of amides is 3. The fraction of sp³-hybridized carbons (Fsp3) is 0.400. The Morgan fingerprint density at radius 1 is 0.967 bits per heavy atom. The predicted molar refractivity (Wildman–Crippen MR) is 110 cm³/mol. The van der Waals surface area contributed by atoms with Gasteiger partial charge in [0.05, 0.1) is 0 Å². The first-order valence-corrected chi connectivity index (χ1v) is 11.3. The molecule has 2 aromatic rings. The number of carbonyl (C=O) groups excluding carboxylic acids is 2. The molecule has 0 saturated heterocycles. The number of aromatic nitrogens is 2. The van der Waals surface area contributed by atoms with Crippen molar-refractivity contribution >= 4 is 27.6 Å². The van der Waals surface area contributed by atoms with Crippen LogP contribution in [0, 0.1) is 0 Å². The van der Waals surface area contributed by atoms with E-state index in [0.29, 0.717) is 0 Å². The van der Waals surface area contributed by atoms with Gasteiger partial charge in [0.1, 0.15) is 12.0 Å². The van der Waals surface area contributed by atoms with E-state index in [1.165, 1.54) is 30.1 Å². The minimum atomic E-state index is -4.27. The number of benzene rings is 1. The first-order chi connectivity index (χ1) is 14.3. The molecule has 0 aliphatic heterocycles. The summed E-state index contributed by atoms with van der Waals surface area (Å²) in [6.07, 6.45) is 6.72. The smallest absolute Gasteiger partial charge is 0.333 e. The molecule has 0 spiro atoms. The number of urea groups is 1. The van der Waals surface area contributed by atoms with Crippen LogP contribution in [0.1, 0.15) is 45.6 Å². The van der Waals surface area contributed by atoms with Crippen molar-refractivity contribution in [1.82, 2.24) is 19.6 Å². The fourth-order valence-corrected chi connectivity index (χ4v) is 4.97. The molecule has 30 heavy (non-hydrogen) atoms. The van der Waals surface area contributed by atoms with Gasteiger partial charge in [-0.1, -0.05) is 6.07 Å². The molecular formula is C20H23N5O4S. The van der Waals surface area contributed by atoms with Crippen LogP contribution in [-0.2, 0) is 35.7 Å². The van der Waals surface area contributed by atoms with Gasteiger partial charge in [0.15, 0.2) is 5.03 Å². The highest BCUT2D eigenvalue weighted by molar-refractivity contribution is 7.90. The largest absolute Gasteiger partial charge is 0.343 e. The molecule has 2 N–H and O–H groups in total. The average molecular weight is 430 g/mol. The minimum Gasteiger partial charge on any atom is -0.343 e. The van der Waals surface area contributed by atoms with Crippen LogP contribution in [0.3, 0.4) is 0 Å². The quantitative estimate of drug-likeness (QED) is 0.713. The molecule has 1 aromatic heterocycles. The molecule has 10 heteroatoms. The number of aryl methyl sites for hydroxylation is 2. The summed E-state index contributed by atoms with van der Waals surface area (Å²) in [6.45, 7) is 0. The molecule has 0 fully saturated rings. The number of nitrogens with zero attached hydrogens (tertiary/aromatic N) is 3. The Morgan fingerprint density at radius 2 is 1.60 bits per heavy atom. The van der Waals surface area contributed by atoms with E-state index < -0.39 is 27.0 Å². The summed E-state index contributed by atoms with van der Waals surface area (Å²) >= 11 is 0. The average Bonchev–Trinajstić information content (AvgIpc) is 3.36. The number of anilines is 1. The predicted octanol–water partition coefficient (Wildman–Crippen LogP) is 1.67. The summed E-state index contributed by atoms with van der Waals surface area (Å²) in [6, 6.07) is 2.44. The summed E-state index contributed by atoms with van der Waals surface area (Å²) in [7, 11) is -1.22. The number of rotatable bonds is 4. The molecule has 0 radical (unpaired) electrons. The lowest BCUT2D eigenvalue weighted by atomic mass is 9.99. The Labute approximate surface area is 175 Å². The van der Waals surface area contributed by atoms with Gasteiger partial charge in [-0.2, -0.15) is 8.42 Å². The normalized spacial score (nSPS) is 14.7. The van der Waals surface area contributed by atoms with Gasteiger partial charge >= 0.3 is 6.03 Å². The molecule has 3 amide bonds. The molecule has 0 atom stereocenters. The standard InChI is InChI=1S/C20H23N5O4S/c1-25(2)19(26)16-10-17(22-11-21-16)30(28,29)24-20(27)23-18-14-7-3-5-12(14)9-13-6-4-8-15(13)18/h9-11H,3-8H2,1-2H3,(H2,23,24,27). The van der Waals surface area contributed by atoms with E-state index in [9.17, 15) is 18.0 Å². The third-order valence-corrected chi connectivity index (χ3v) is 6.71. The summed E-state index contributed by atoms with van der Waals surface area (Å²) in [5.41, 5.74) is 5.34.